The van der Waals surface area contributed by atoms with Crippen LogP contribution in [-0.4, -0.2) is 54.5 Å². The van der Waals surface area contributed by atoms with Crippen molar-refractivity contribution in [3.63, 3.8) is 0 Å². The molecule has 1 aliphatic heterocycles. The van der Waals surface area contributed by atoms with Gasteiger partial charge in [-0.25, -0.2) is 0 Å². The van der Waals surface area contributed by atoms with Crippen LogP contribution in [0.4, 0.5) is 0 Å². The van der Waals surface area contributed by atoms with E-state index in [1.54, 1.807) is 37.1 Å². The zero-order valence-electron chi connectivity index (χ0n) is 11.6. The van der Waals surface area contributed by atoms with Crippen LogP contribution in [0.1, 0.15) is 15.9 Å². The number of aromatic hydroxyl groups is 1. The van der Waals surface area contributed by atoms with Crippen LogP contribution in [0.2, 0.25) is 0 Å². The van der Waals surface area contributed by atoms with E-state index >= 15 is 0 Å². The molecule has 1 saturated heterocycles. The smallest absolute Gasteiger partial charge is 0.255 e. The lowest BCUT2D eigenvalue weighted by Gasteiger charge is -2.35. The second-order valence-electron chi connectivity index (χ2n) is 4.78. The largest absolute Gasteiger partial charge is 0.508 e. The van der Waals surface area contributed by atoms with E-state index in [0.717, 1.165) is 0 Å². The second kappa shape index (κ2) is 5.92. The third-order valence-electron chi connectivity index (χ3n) is 3.59. The van der Waals surface area contributed by atoms with Crippen molar-refractivity contribution in [2.24, 2.45) is 0 Å². The molecule has 6 nitrogen and oxygen atoms in total. The fourth-order valence-corrected chi connectivity index (χ4v) is 2.36. The number of piperazine rings is 1. The minimum atomic E-state index is -0.525. The molecule has 0 aromatic heterocycles. The molecular formula is C14H19N3O3. The van der Waals surface area contributed by atoms with Crippen LogP contribution >= 0.6 is 0 Å². The Bertz CT molecular complexity index is 530. The predicted octanol–water partition coefficient (Wildman–Crippen LogP) is -0.139. The number of rotatable bonds is 2. The van der Waals surface area contributed by atoms with Crippen LogP contribution in [0.5, 0.6) is 5.75 Å². The summed E-state index contributed by atoms with van der Waals surface area (Å²) < 4.78 is 0. The molecule has 1 aromatic rings. The number of likely N-dealkylation sites (N-methyl/N-ethyl adjacent to an activating group) is 1. The van der Waals surface area contributed by atoms with Gasteiger partial charge in [0.25, 0.3) is 5.91 Å². The summed E-state index contributed by atoms with van der Waals surface area (Å²) >= 11 is 0. The van der Waals surface area contributed by atoms with Gasteiger partial charge in [-0.3, -0.25) is 9.59 Å². The predicted molar refractivity (Wildman–Crippen MR) is 74.6 cm³/mol. The molecule has 3 N–H and O–H groups in total. The van der Waals surface area contributed by atoms with Crippen LogP contribution in [0, 0.1) is 6.92 Å². The van der Waals surface area contributed by atoms with Gasteiger partial charge in [0.05, 0.1) is 0 Å². The Balaban J connectivity index is 2.30. The summed E-state index contributed by atoms with van der Waals surface area (Å²) in [5.41, 5.74) is 0.965. The molecule has 20 heavy (non-hydrogen) atoms. The molecule has 2 rings (SSSR count). The molecule has 0 aliphatic carbocycles. The zero-order valence-corrected chi connectivity index (χ0v) is 11.6. The molecule has 108 valence electrons. The molecule has 0 spiro atoms. The summed E-state index contributed by atoms with van der Waals surface area (Å²) in [6.07, 6.45) is 0. The van der Waals surface area contributed by atoms with E-state index in [-0.39, 0.29) is 17.6 Å². The number of hydrogen-bond donors (Lipinski definition) is 3. The van der Waals surface area contributed by atoms with E-state index in [9.17, 15) is 14.7 Å². The van der Waals surface area contributed by atoms with Crippen molar-refractivity contribution < 1.29 is 14.7 Å². The van der Waals surface area contributed by atoms with Crippen LogP contribution in [-0.2, 0) is 4.79 Å². The third kappa shape index (κ3) is 2.60. The summed E-state index contributed by atoms with van der Waals surface area (Å²) in [4.78, 5) is 26.0. The average molecular weight is 277 g/mol. The minimum Gasteiger partial charge on any atom is -0.508 e. The number of carbonyl (C=O) groups excluding carboxylic acids is 2. The number of phenols is 1. The van der Waals surface area contributed by atoms with Gasteiger partial charge in [-0.15, -0.1) is 0 Å². The van der Waals surface area contributed by atoms with Crippen molar-refractivity contribution in [1.29, 1.82) is 0 Å². The first kappa shape index (κ1) is 14.3. The highest BCUT2D eigenvalue weighted by Gasteiger charge is 2.32. The summed E-state index contributed by atoms with van der Waals surface area (Å²) in [7, 11) is 1.55. The third-order valence-corrected chi connectivity index (χ3v) is 3.59. The molecule has 1 unspecified atom stereocenters. The van der Waals surface area contributed by atoms with Crippen molar-refractivity contribution in [2.45, 2.75) is 13.0 Å². The Morgan fingerprint density at radius 2 is 2.20 bits per heavy atom. The number of phenolic OH excluding ortho intramolecular Hbond substituents is 1. The maximum Gasteiger partial charge on any atom is 0.255 e. The molecule has 1 aromatic carbocycles. The first-order chi connectivity index (χ1) is 9.56. The normalized spacial score (nSPS) is 18.7. The van der Waals surface area contributed by atoms with E-state index in [2.05, 4.69) is 10.6 Å². The standard InChI is InChI=1S/C14H19N3O3/c1-9-10(4-3-5-12(9)18)14(20)17-7-6-16-8-11(17)13(19)15-2/h3-5,11,16,18H,6-8H2,1-2H3,(H,15,19). The maximum atomic E-state index is 12.6. The van der Waals surface area contributed by atoms with Crippen LogP contribution in [0.25, 0.3) is 0 Å². The molecule has 1 fully saturated rings. The van der Waals surface area contributed by atoms with Crippen molar-refractivity contribution in [3.05, 3.63) is 29.3 Å². The van der Waals surface area contributed by atoms with Gasteiger partial charge in [-0.05, 0) is 19.1 Å². The molecule has 6 heteroatoms. The minimum absolute atomic E-state index is 0.0856. The molecule has 1 atom stereocenters. The summed E-state index contributed by atoms with van der Waals surface area (Å²) in [6.45, 7) is 3.24. The lowest BCUT2D eigenvalue weighted by Crippen LogP contribution is -2.59. The van der Waals surface area contributed by atoms with Gasteiger partial charge in [-0.1, -0.05) is 6.07 Å². The Kier molecular flexibility index (Phi) is 4.24. The molecule has 2 amide bonds. The van der Waals surface area contributed by atoms with Crippen molar-refractivity contribution in [1.82, 2.24) is 15.5 Å². The van der Waals surface area contributed by atoms with E-state index in [1.165, 1.54) is 0 Å². The highest BCUT2D eigenvalue weighted by atomic mass is 16.3. The van der Waals surface area contributed by atoms with Crippen molar-refractivity contribution >= 4 is 11.8 Å². The van der Waals surface area contributed by atoms with Gasteiger partial charge in [0.1, 0.15) is 11.8 Å². The second-order valence-corrected chi connectivity index (χ2v) is 4.78. The Morgan fingerprint density at radius 3 is 2.90 bits per heavy atom. The van der Waals surface area contributed by atoms with E-state index in [1.807, 2.05) is 0 Å². The molecule has 0 bridgehead atoms. The number of benzene rings is 1. The Labute approximate surface area is 117 Å². The number of carbonyl (C=O) groups is 2. The van der Waals surface area contributed by atoms with Gasteiger partial charge >= 0.3 is 0 Å². The maximum absolute atomic E-state index is 12.6. The van der Waals surface area contributed by atoms with Gasteiger partial charge in [0.15, 0.2) is 0 Å². The van der Waals surface area contributed by atoms with Crippen molar-refractivity contribution in [3.8, 4) is 5.75 Å². The molecule has 1 aliphatic rings. The van der Waals surface area contributed by atoms with Gasteiger partial charge in [0.2, 0.25) is 5.91 Å². The number of nitrogens with one attached hydrogen (secondary N) is 2. The highest BCUT2D eigenvalue weighted by Crippen LogP contribution is 2.22. The number of nitrogens with zero attached hydrogens (tertiary/aromatic N) is 1. The highest BCUT2D eigenvalue weighted by molar-refractivity contribution is 5.99. The topological polar surface area (TPSA) is 81.7 Å². The van der Waals surface area contributed by atoms with Crippen LogP contribution < -0.4 is 10.6 Å². The Hall–Kier alpha value is -2.08. The fourth-order valence-electron chi connectivity index (χ4n) is 2.36. The Morgan fingerprint density at radius 1 is 1.45 bits per heavy atom. The zero-order chi connectivity index (χ0) is 14.7. The summed E-state index contributed by atoms with van der Waals surface area (Å²) in [6, 6.07) is 4.32. The van der Waals surface area contributed by atoms with Crippen molar-refractivity contribution in [2.75, 3.05) is 26.7 Å². The van der Waals surface area contributed by atoms with Gasteiger partial charge < -0.3 is 20.6 Å². The lowest BCUT2D eigenvalue weighted by atomic mass is 10.0. The monoisotopic (exact) mass is 277 g/mol. The number of hydrogen-bond acceptors (Lipinski definition) is 4. The fraction of sp³-hybridized carbons (Fsp3) is 0.429. The van der Waals surface area contributed by atoms with Crippen LogP contribution in [0.15, 0.2) is 18.2 Å². The molecule has 0 radical (unpaired) electrons. The first-order valence-corrected chi connectivity index (χ1v) is 6.58. The average Bonchev–Trinajstić information content (AvgIpc) is 2.48. The summed E-state index contributed by atoms with van der Waals surface area (Å²) in [5.74, 6) is -0.334. The molecular weight excluding hydrogens is 258 g/mol. The van der Waals surface area contributed by atoms with Crippen LogP contribution in [0.3, 0.4) is 0 Å². The van der Waals surface area contributed by atoms with E-state index in [4.69, 9.17) is 0 Å². The molecule has 0 saturated carbocycles. The first-order valence-electron chi connectivity index (χ1n) is 6.58. The van der Waals surface area contributed by atoms with Gasteiger partial charge in [0, 0.05) is 37.8 Å². The lowest BCUT2D eigenvalue weighted by molar-refractivity contribution is -0.125. The van der Waals surface area contributed by atoms with E-state index in [0.29, 0.717) is 30.8 Å². The SMILES string of the molecule is CNC(=O)C1CNCCN1C(=O)c1cccc(O)c1C. The van der Waals surface area contributed by atoms with E-state index < -0.39 is 6.04 Å². The molecule has 1 heterocycles. The number of amides is 2. The quantitative estimate of drug-likeness (QED) is 0.703. The summed E-state index contributed by atoms with van der Waals surface area (Å²) in [5, 5.41) is 15.4. The van der Waals surface area contributed by atoms with Gasteiger partial charge in [-0.2, -0.15) is 0 Å².